The number of amides is 1. The number of aromatic amines is 1. The summed E-state index contributed by atoms with van der Waals surface area (Å²) < 4.78 is 0.978. The zero-order valence-corrected chi connectivity index (χ0v) is 15.0. The number of likely N-dealkylation sites (tertiary alicyclic amines) is 1. The molecule has 0 spiro atoms. The molecule has 0 saturated carbocycles. The van der Waals surface area contributed by atoms with E-state index in [-0.39, 0.29) is 18.4 Å². The average molecular weight is 362 g/mol. The number of H-pyrrole nitrogens is 1. The lowest BCUT2D eigenvalue weighted by molar-refractivity contribution is -0.121. The van der Waals surface area contributed by atoms with Crippen LogP contribution in [0.25, 0.3) is 0 Å². The molecule has 2 aromatic rings. The van der Waals surface area contributed by atoms with Crippen LogP contribution in [0.15, 0.2) is 33.3 Å². The molecule has 3 heterocycles. The van der Waals surface area contributed by atoms with Gasteiger partial charge in [-0.2, -0.15) is 0 Å². The van der Waals surface area contributed by atoms with Crippen LogP contribution < -0.4 is 16.6 Å². The van der Waals surface area contributed by atoms with Gasteiger partial charge in [-0.15, -0.1) is 11.3 Å². The van der Waals surface area contributed by atoms with Crippen molar-refractivity contribution in [2.24, 2.45) is 7.05 Å². The van der Waals surface area contributed by atoms with Crippen LogP contribution in [-0.2, 0) is 24.8 Å². The zero-order chi connectivity index (χ0) is 17.8. The predicted molar refractivity (Wildman–Crippen MR) is 96.8 cm³/mol. The van der Waals surface area contributed by atoms with Gasteiger partial charge in [-0.1, -0.05) is 6.07 Å². The van der Waals surface area contributed by atoms with Crippen LogP contribution in [0.3, 0.4) is 0 Å². The molecule has 1 fully saturated rings. The third-order valence-corrected chi connectivity index (χ3v) is 5.30. The minimum atomic E-state index is -0.481. The molecule has 1 aliphatic heterocycles. The van der Waals surface area contributed by atoms with Crippen molar-refractivity contribution in [2.75, 3.05) is 13.1 Å². The fourth-order valence-electron chi connectivity index (χ4n) is 3.13. The normalized spacial score (nSPS) is 18.2. The minimum absolute atomic E-state index is 0.0229. The molecule has 1 amide bonds. The summed E-state index contributed by atoms with van der Waals surface area (Å²) >= 11 is 1.74. The van der Waals surface area contributed by atoms with Gasteiger partial charge in [0.2, 0.25) is 5.91 Å². The second-order valence-corrected chi connectivity index (χ2v) is 7.41. The summed E-state index contributed by atoms with van der Waals surface area (Å²) in [5, 5.41) is 5.09. The summed E-state index contributed by atoms with van der Waals surface area (Å²) in [5.41, 5.74) is -0.613. The van der Waals surface area contributed by atoms with E-state index in [2.05, 4.69) is 26.6 Å². The van der Waals surface area contributed by atoms with E-state index in [0.29, 0.717) is 5.56 Å². The van der Waals surface area contributed by atoms with Crippen molar-refractivity contribution in [2.45, 2.75) is 31.8 Å². The number of hydrogen-bond acceptors (Lipinski definition) is 5. The Kier molecular flexibility index (Phi) is 5.50. The topological polar surface area (TPSA) is 87.2 Å². The highest BCUT2D eigenvalue weighted by Gasteiger charge is 2.22. The summed E-state index contributed by atoms with van der Waals surface area (Å²) in [6, 6.07) is 4.26. The van der Waals surface area contributed by atoms with Crippen molar-refractivity contribution >= 4 is 17.2 Å². The van der Waals surface area contributed by atoms with Crippen molar-refractivity contribution < 1.29 is 4.79 Å². The first-order valence-corrected chi connectivity index (χ1v) is 9.22. The van der Waals surface area contributed by atoms with Gasteiger partial charge in [0.25, 0.3) is 5.56 Å². The molecule has 1 saturated heterocycles. The highest BCUT2D eigenvalue weighted by atomic mass is 32.1. The minimum Gasteiger partial charge on any atom is -0.352 e. The number of piperidine rings is 1. The Balaban J connectivity index is 1.56. The third-order valence-electron chi connectivity index (χ3n) is 4.44. The highest BCUT2D eigenvalue weighted by molar-refractivity contribution is 7.09. The van der Waals surface area contributed by atoms with E-state index in [1.165, 1.54) is 18.1 Å². The molecule has 3 rings (SSSR count). The number of rotatable bonds is 5. The Labute approximate surface area is 149 Å². The standard InChI is InChI=1S/C17H22N4O3S/c1-20-16(23)12(9-18-17(20)24)8-15(22)19-13-4-2-6-21(10-13)11-14-5-3-7-25-14/h3,5,7,9,13H,2,4,6,8,10-11H2,1H3,(H,18,24)(H,19,22)/t13-/m0/s1. The van der Waals surface area contributed by atoms with Gasteiger partial charge in [-0.05, 0) is 30.8 Å². The molecule has 7 nitrogen and oxygen atoms in total. The van der Waals surface area contributed by atoms with Crippen molar-refractivity contribution in [1.82, 2.24) is 19.8 Å². The quantitative estimate of drug-likeness (QED) is 0.809. The van der Waals surface area contributed by atoms with Crippen LogP contribution >= 0.6 is 11.3 Å². The van der Waals surface area contributed by atoms with Crippen molar-refractivity contribution in [3.63, 3.8) is 0 Å². The van der Waals surface area contributed by atoms with E-state index < -0.39 is 11.2 Å². The van der Waals surface area contributed by atoms with E-state index >= 15 is 0 Å². The van der Waals surface area contributed by atoms with Gasteiger partial charge in [0.05, 0.1) is 6.42 Å². The van der Waals surface area contributed by atoms with Gasteiger partial charge >= 0.3 is 5.69 Å². The van der Waals surface area contributed by atoms with Crippen LogP contribution in [0, 0.1) is 0 Å². The number of hydrogen-bond donors (Lipinski definition) is 2. The summed E-state index contributed by atoms with van der Waals surface area (Å²) in [7, 11) is 1.39. The molecule has 134 valence electrons. The molecule has 0 aliphatic carbocycles. The summed E-state index contributed by atoms with van der Waals surface area (Å²) in [6.45, 7) is 2.75. The maximum atomic E-state index is 12.3. The van der Waals surface area contributed by atoms with Gasteiger partial charge in [-0.3, -0.25) is 19.1 Å². The average Bonchev–Trinajstić information content (AvgIpc) is 3.09. The Hall–Kier alpha value is -2.19. The van der Waals surface area contributed by atoms with Crippen LogP contribution in [0.1, 0.15) is 23.3 Å². The SMILES string of the molecule is Cn1c(=O)[nH]cc(CC(=O)N[C@H]2CCCN(Cc3cccs3)C2)c1=O. The van der Waals surface area contributed by atoms with Crippen molar-refractivity contribution in [3.05, 3.63) is 55.0 Å². The van der Waals surface area contributed by atoms with E-state index in [1.807, 2.05) is 6.07 Å². The number of thiophene rings is 1. The first-order valence-electron chi connectivity index (χ1n) is 8.34. The second-order valence-electron chi connectivity index (χ2n) is 6.38. The molecule has 0 aromatic carbocycles. The molecule has 2 N–H and O–H groups in total. The lowest BCUT2D eigenvalue weighted by Gasteiger charge is -2.32. The molecule has 0 radical (unpaired) electrons. The monoisotopic (exact) mass is 362 g/mol. The van der Waals surface area contributed by atoms with Crippen molar-refractivity contribution in [1.29, 1.82) is 0 Å². The maximum absolute atomic E-state index is 12.3. The fourth-order valence-corrected chi connectivity index (χ4v) is 3.88. The largest absolute Gasteiger partial charge is 0.352 e. The lowest BCUT2D eigenvalue weighted by atomic mass is 10.1. The Morgan fingerprint density at radius 3 is 3.04 bits per heavy atom. The number of carbonyl (C=O) groups excluding carboxylic acids is 1. The van der Waals surface area contributed by atoms with Gasteiger partial charge in [0.1, 0.15) is 0 Å². The molecular formula is C17H22N4O3S. The highest BCUT2D eigenvalue weighted by Crippen LogP contribution is 2.16. The Bertz CT molecular complexity index is 840. The number of nitrogens with one attached hydrogen (secondary N) is 2. The van der Waals surface area contributed by atoms with Gasteiger partial charge in [-0.25, -0.2) is 4.79 Å². The van der Waals surface area contributed by atoms with Crippen LogP contribution in [-0.4, -0.2) is 39.5 Å². The van der Waals surface area contributed by atoms with Gasteiger partial charge in [0.15, 0.2) is 0 Å². The van der Waals surface area contributed by atoms with E-state index in [9.17, 15) is 14.4 Å². The second kappa shape index (κ2) is 7.79. The molecule has 0 unspecified atom stereocenters. The number of nitrogens with zero attached hydrogens (tertiary/aromatic N) is 2. The molecule has 25 heavy (non-hydrogen) atoms. The molecule has 1 atom stereocenters. The Morgan fingerprint density at radius 2 is 2.28 bits per heavy atom. The van der Waals surface area contributed by atoms with Gasteiger partial charge in [0, 0.05) is 42.8 Å². The summed E-state index contributed by atoms with van der Waals surface area (Å²) in [6.07, 6.45) is 3.28. The zero-order valence-electron chi connectivity index (χ0n) is 14.2. The summed E-state index contributed by atoms with van der Waals surface area (Å²) in [4.78, 5) is 41.8. The van der Waals surface area contributed by atoms with Crippen LogP contribution in [0.4, 0.5) is 0 Å². The predicted octanol–water partition coefficient (Wildman–Crippen LogP) is 0.458. The lowest BCUT2D eigenvalue weighted by Crippen LogP contribution is -2.48. The van der Waals surface area contributed by atoms with Crippen LogP contribution in [0.2, 0.25) is 0 Å². The summed E-state index contributed by atoms with van der Waals surface area (Å²) in [5.74, 6) is -0.188. The molecule has 8 heteroatoms. The number of carbonyl (C=O) groups is 1. The van der Waals surface area contributed by atoms with Gasteiger partial charge < -0.3 is 10.3 Å². The first kappa shape index (κ1) is 17.6. The fraction of sp³-hybridized carbons (Fsp3) is 0.471. The van der Waals surface area contributed by atoms with E-state index in [4.69, 9.17) is 0 Å². The van der Waals surface area contributed by atoms with Crippen LogP contribution in [0.5, 0.6) is 0 Å². The molecular weight excluding hydrogens is 340 g/mol. The third kappa shape index (κ3) is 4.46. The number of aromatic nitrogens is 2. The van der Waals surface area contributed by atoms with E-state index in [0.717, 1.165) is 37.0 Å². The molecule has 1 aliphatic rings. The first-order chi connectivity index (χ1) is 12.0. The smallest absolute Gasteiger partial charge is 0.328 e. The Morgan fingerprint density at radius 1 is 1.44 bits per heavy atom. The maximum Gasteiger partial charge on any atom is 0.328 e. The molecule has 2 aromatic heterocycles. The van der Waals surface area contributed by atoms with Crippen molar-refractivity contribution in [3.8, 4) is 0 Å². The van der Waals surface area contributed by atoms with E-state index in [1.54, 1.807) is 11.3 Å². The molecule has 0 bridgehead atoms.